The van der Waals surface area contributed by atoms with Crippen LogP contribution in [0.2, 0.25) is 5.02 Å². The molecule has 106 valence electrons. The molecule has 1 amide bonds. The van der Waals surface area contributed by atoms with Gasteiger partial charge in [0, 0.05) is 10.1 Å². The third kappa shape index (κ3) is 2.10. The summed E-state index contributed by atoms with van der Waals surface area (Å²) in [6.45, 7) is 2.53. The summed E-state index contributed by atoms with van der Waals surface area (Å²) in [5.74, 6) is -0.548. The molecule has 0 spiro atoms. The Morgan fingerprint density at radius 2 is 2.25 bits per heavy atom. The third-order valence-electron chi connectivity index (χ3n) is 3.70. The second kappa shape index (κ2) is 4.69. The number of benzene rings is 1. The molecule has 1 N–H and O–H groups in total. The zero-order chi connectivity index (χ0) is 14.5. The predicted molar refractivity (Wildman–Crippen MR) is 77.9 cm³/mol. The second-order valence-corrected chi connectivity index (χ2v) is 6.55. The molecule has 20 heavy (non-hydrogen) atoms. The van der Waals surface area contributed by atoms with E-state index in [4.69, 9.17) is 11.6 Å². The normalized spacial score (nSPS) is 17.3. The summed E-state index contributed by atoms with van der Waals surface area (Å²) >= 11 is 7.40. The lowest BCUT2D eigenvalue weighted by atomic mass is 9.91. The van der Waals surface area contributed by atoms with E-state index in [0.29, 0.717) is 39.5 Å². The number of hydrogen-bond acceptors (Lipinski definition) is 3. The first-order chi connectivity index (χ1) is 9.43. The van der Waals surface area contributed by atoms with Crippen molar-refractivity contribution in [1.82, 2.24) is 4.90 Å². The summed E-state index contributed by atoms with van der Waals surface area (Å²) in [4.78, 5) is 14.3. The van der Waals surface area contributed by atoms with E-state index in [-0.39, 0.29) is 11.7 Å². The number of likely N-dealkylation sites (tertiary alicyclic amines) is 1. The Balaban J connectivity index is 1.91. The number of carbonyl (C=O) groups excluding carboxylic acids is 1. The largest absolute Gasteiger partial charge is 0.386 e. The number of halogens is 2. The van der Waals surface area contributed by atoms with Gasteiger partial charge in [-0.1, -0.05) is 18.5 Å². The van der Waals surface area contributed by atoms with Crippen molar-refractivity contribution >= 4 is 38.9 Å². The van der Waals surface area contributed by atoms with Crippen molar-refractivity contribution in [3.05, 3.63) is 33.9 Å². The van der Waals surface area contributed by atoms with E-state index < -0.39 is 5.60 Å². The number of amides is 1. The van der Waals surface area contributed by atoms with Crippen LogP contribution in [0.4, 0.5) is 4.39 Å². The molecular weight excluding hydrogens is 301 g/mol. The van der Waals surface area contributed by atoms with E-state index in [1.807, 2.05) is 6.92 Å². The summed E-state index contributed by atoms with van der Waals surface area (Å²) in [7, 11) is 0. The molecule has 2 aromatic rings. The van der Waals surface area contributed by atoms with Crippen LogP contribution in [-0.4, -0.2) is 34.6 Å². The number of aliphatic hydroxyl groups is 1. The summed E-state index contributed by atoms with van der Waals surface area (Å²) < 4.78 is 13.9. The molecule has 1 saturated heterocycles. The zero-order valence-corrected chi connectivity index (χ0v) is 12.4. The van der Waals surface area contributed by atoms with Crippen molar-refractivity contribution in [3.8, 4) is 0 Å². The molecule has 1 aromatic carbocycles. The molecule has 0 unspecified atom stereocenters. The topological polar surface area (TPSA) is 40.5 Å². The Kier molecular flexibility index (Phi) is 3.23. The quantitative estimate of drug-likeness (QED) is 0.924. The third-order valence-corrected chi connectivity index (χ3v) is 5.35. The minimum Gasteiger partial charge on any atom is -0.386 e. The fourth-order valence-corrected chi connectivity index (χ4v) is 3.86. The molecule has 1 aliphatic rings. The number of fused-ring (bicyclic) bond motifs is 1. The van der Waals surface area contributed by atoms with Crippen molar-refractivity contribution < 1.29 is 14.3 Å². The van der Waals surface area contributed by atoms with Crippen LogP contribution in [0.5, 0.6) is 0 Å². The number of rotatable bonds is 2. The van der Waals surface area contributed by atoms with E-state index in [2.05, 4.69) is 0 Å². The maximum absolute atomic E-state index is 13.2. The number of β-amino-alcohol motifs (C(OH)–C–C–N with tert-alkyl or cyclic N) is 1. The molecule has 0 aliphatic carbocycles. The minimum absolute atomic E-state index is 0.199. The molecule has 6 heteroatoms. The maximum Gasteiger partial charge on any atom is 0.265 e. The van der Waals surface area contributed by atoms with Crippen LogP contribution in [0.15, 0.2) is 18.2 Å². The van der Waals surface area contributed by atoms with Crippen LogP contribution in [-0.2, 0) is 0 Å². The van der Waals surface area contributed by atoms with Gasteiger partial charge in [0.2, 0.25) is 0 Å². The highest BCUT2D eigenvalue weighted by atomic mass is 35.5. The Labute approximate surface area is 124 Å². The van der Waals surface area contributed by atoms with Crippen LogP contribution in [0.25, 0.3) is 10.1 Å². The molecule has 1 fully saturated rings. The van der Waals surface area contributed by atoms with Gasteiger partial charge in [-0.3, -0.25) is 4.79 Å². The molecular formula is C14H13ClFNO2S. The number of hydrogen-bond donors (Lipinski definition) is 1. The molecule has 0 radical (unpaired) electrons. The number of nitrogens with zero attached hydrogens (tertiary/aromatic N) is 1. The number of thiophene rings is 1. The summed E-state index contributed by atoms with van der Waals surface area (Å²) in [5, 5.41) is 11.0. The van der Waals surface area contributed by atoms with Crippen molar-refractivity contribution in [3.63, 3.8) is 0 Å². The van der Waals surface area contributed by atoms with Gasteiger partial charge >= 0.3 is 0 Å². The van der Waals surface area contributed by atoms with Crippen molar-refractivity contribution in [1.29, 1.82) is 0 Å². The molecule has 0 saturated carbocycles. The van der Waals surface area contributed by atoms with Crippen molar-refractivity contribution in [2.24, 2.45) is 0 Å². The maximum atomic E-state index is 13.2. The highest BCUT2D eigenvalue weighted by molar-refractivity contribution is 7.21. The van der Waals surface area contributed by atoms with Gasteiger partial charge in [-0.2, -0.15) is 0 Å². The van der Waals surface area contributed by atoms with Gasteiger partial charge in [-0.15, -0.1) is 11.3 Å². The van der Waals surface area contributed by atoms with Gasteiger partial charge in [0.05, 0.1) is 23.7 Å². The van der Waals surface area contributed by atoms with Gasteiger partial charge in [-0.25, -0.2) is 4.39 Å². The first-order valence-corrected chi connectivity index (χ1v) is 7.52. The van der Waals surface area contributed by atoms with Gasteiger partial charge < -0.3 is 10.0 Å². The smallest absolute Gasteiger partial charge is 0.265 e. The second-order valence-electron chi connectivity index (χ2n) is 5.12. The van der Waals surface area contributed by atoms with Gasteiger partial charge in [0.25, 0.3) is 5.91 Å². The highest BCUT2D eigenvalue weighted by Crippen LogP contribution is 2.38. The molecule has 3 nitrogen and oxygen atoms in total. The lowest BCUT2D eigenvalue weighted by Crippen LogP contribution is -2.63. The molecule has 0 atom stereocenters. The molecule has 1 aromatic heterocycles. The molecule has 2 heterocycles. The van der Waals surface area contributed by atoms with Crippen LogP contribution < -0.4 is 0 Å². The lowest BCUT2D eigenvalue weighted by molar-refractivity contribution is -0.0824. The fourth-order valence-electron chi connectivity index (χ4n) is 2.35. The predicted octanol–water partition coefficient (Wildman–Crippen LogP) is 3.29. The van der Waals surface area contributed by atoms with E-state index in [1.165, 1.54) is 23.5 Å². The monoisotopic (exact) mass is 313 g/mol. The minimum atomic E-state index is -0.773. The zero-order valence-electron chi connectivity index (χ0n) is 10.8. The highest BCUT2D eigenvalue weighted by Gasteiger charge is 2.43. The lowest BCUT2D eigenvalue weighted by Gasteiger charge is -2.45. The van der Waals surface area contributed by atoms with Gasteiger partial charge in [0.1, 0.15) is 10.7 Å². The number of carbonyl (C=O) groups is 1. The Hall–Kier alpha value is -1.17. The van der Waals surface area contributed by atoms with Gasteiger partial charge in [-0.05, 0) is 24.6 Å². The van der Waals surface area contributed by atoms with Crippen molar-refractivity contribution in [2.75, 3.05) is 13.1 Å². The molecule has 3 rings (SSSR count). The van der Waals surface area contributed by atoms with E-state index >= 15 is 0 Å². The van der Waals surface area contributed by atoms with Crippen LogP contribution in [0.1, 0.15) is 23.0 Å². The standard InChI is InChI=1S/C14H13ClFNO2S/c1-2-14(19)6-17(7-14)13(18)12-11(15)9-4-3-8(16)5-10(9)20-12/h3-5,19H,2,6-7H2,1H3. The Bertz CT molecular complexity index is 694. The van der Waals surface area contributed by atoms with Crippen molar-refractivity contribution in [2.45, 2.75) is 18.9 Å². The molecule has 1 aliphatic heterocycles. The SMILES string of the molecule is CCC1(O)CN(C(=O)c2sc3cc(F)ccc3c2Cl)C1. The van der Waals surface area contributed by atoms with Crippen LogP contribution in [0.3, 0.4) is 0 Å². The fraction of sp³-hybridized carbons (Fsp3) is 0.357. The molecule has 0 bridgehead atoms. The summed E-state index contributed by atoms with van der Waals surface area (Å²) in [5.41, 5.74) is -0.773. The van der Waals surface area contributed by atoms with E-state index in [0.717, 1.165) is 0 Å². The van der Waals surface area contributed by atoms with E-state index in [1.54, 1.807) is 11.0 Å². The Morgan fingerprint density at radius 1 is 1.55 bits per heavy atom. The average molecular weight is 314 g/mol. The average Bonchev–Trinajstić information content (AvgIpc) is 2.71. The first-order valence-electron chi connectivity index (χ1n) is 6.33. The first kappa shape index (κ1) is 13.8. The van der Waals surface area contributed by atoms with Crippen LogP contribution >= 0.6 is 22.9 Å². The summed E-state index contributed by atoms with van der Waals surface area (Å²) in [6.07, 6.45) is 0.613. The Morgan fingerprint density at radius 3 is 2.90 bits per heavy atom. The van der Waals surface area contributed by atoms with E-state index in [9.17, 15) is 14.3 Å². The van der Waals surface area contributed by atoms with Crippen LogP contribution in [0, 0.1) is 5.82 Å². The van der Waals surface area contributed by atoms with Gasteiger partial charge in [0.15, 0.2) is 0 Å². The summed E-state index contributed by atoms with van der Waals surface area (Å²) in [6, 6.07) is 4.29.